The van der Waals surface area contributed by atoms with E-state index in [0.29, 0.717) is 12.8 Å². The first-order valence-corrected chi connectivity index (χ1v) is 9.09. The van der Waals surface area contributed by atoms with E-state index in [9.17, 15) is 23.1 Å². The highest BCUT2D eigenvalue weighted by Crippen LogP contribution is 2.38. The molecule has 3 atom stereocenters. The molecule has 1 rings (SSSR count). The number of carboxylic acids is 1. The molecule has 0 heterocycles. The summed E-state index contributed by atoms with van der Waals surface area (Å²) in [5.74, 6) is -2.30. The van der Waals surface area contributed by atoms with Crippen LogP contribution in [-0.2, 0) is 19.4 Å². The zero-order valence-corrected chi connectivity index (χ0v) is 13.9. The van der Waals surface area contributed by atoms with Gasteiger partial charge >= 0.3 is 5.97 Å². The van der Waals surface area contributed by atoms with Crippen LogP contribution in [0, 0.1) is 17.8 Å². The Balaban J connectivity index is 2.73. The maximum atomic E-state index is 12.2. The minimum absolute atomic E-state index is 0.00963. The van der Waals surface area contributed by atoms with Crippen molar-refractivity contribution in [2.45, 2.75) is 44.8 Å². The number of amides is 1. The van der Waals surface area contributed by atoms with Crippen molar-refractivity contribution in [1.29, 1.82) is 0 Å². The molecule has 1 aliphatic rings. The lowest BCUT2D eigenvalue weighted by molar-refractivity contribution is -0.146. The summed E-state index contributed by atoms with van der Waals surface area (Å²) < 4.78 is 22.2. The largest absolute Gasteiger partial charge is 0.481 e. The van der Waals surface area contributed by atoms with Gasteiger partial charge in [0.1, 0.15) is 0 Å². The molecule has 21 heavy (non-hydrogen) atoms. The third kappa shape index (κ3) is 4.18. The third-order valence-corrected chi connectivity index (χ3v) is 6.74. The Labute approximate surface area is 126 Å². The summed E-state index contributed by atoms with van der Waals surface area (Å²) in [5, 5.41) is 11.8. The van der Waals surface area contributed by atoms with E-state index >= 15 is 0 Å². The lowest BCUT2D eigenvalue weighted by atomic mass is 9.95. The molecule has 0 aliphatic heterocycles. The second-order valence-corrected chi connectivity index (χ2v) is 9.20. The first-order chi connectivity index (χ1) is 9.49. The lowest BCUT2D eigenvalue weighted by Crippen LogP contribution is -2.46. The van der Waals surface area contributed by atoms with Crippen LogP contribution in [0.25, 0.3) is 0 Å². The number of carbonyl (C=O) groups excluding carboxylic acids is 1. The average Bonchev–Trinajstić information content (AvgIpc) is 2.79. The molecule has 0 aromatic heterocycles. The van der Waals surface area contributed by atoms with Gasteiger partial charge in [-0.2, -0.15) is 0 Å². The highest BCUT2D eigenvalue weighted by atomic mass is 32.2. The summed E-state index contributed by atoms with van der Waals surface area (Å²) in [5.41, 5.74) is 0. The SMILES string of the molecule is CCC1C[C@H](C(=O)NCC(C)(C)S(C)(=O)=O)[C@H](C(=O)O)C1. The molecular weight excluding hydrogens is 294 g/mol. The predicted molar refractivity (Wildman–Crippen MR) is 79.6 cm³/mol. The number of carboxylic acid groups (broad SMARTS) is 1. The van der Waals surface area contributed by atoms with Crippen molar-refractivity contribution in [3.8, 4) is 0 Å². The highest BCUT2D eigenvalue weighted by Gasteiger charge is 2.42. The molecule has 1 unspecified atom stereocenters. The number of sulfone groups is 1. The second kappa shape index (κ2) is 6.34. The quantitative estimate of drug-likeness (QED) is 0.762. The van der Waals surface area contributed by atoms with E-state index in [4.69, 9.17) is 0 Å². The van der Waals surface area contributed by atoms with Gasteiger partial charge in [-0.1, -0.05) is 13.3 Å². The van der Waals surface area contributed by atoms with Crippen molar-refractivity contribution in [3.63, 3.8) is 0 Å². The summed E-state index contributed by atoms with van der Waals surface area (Å²) in [6, 6.07) is 0. The first-order valence-electron chi connectivity index (χ1n) is 7.19. The molecule has 0 radical (unpaired) electrons. The molecule has 122 valence electrons. The molecule has 0 spiro atoms. The summed E-state index contributed by atoms with van der Waals surface area (Å²) >= 11 is 0. The van der Waals surface area contributed by atoms with Crippen LogP contribution in [-0.4, -0.2) is 42.9 Å². The van der Waals surface area contributed by atoms with E-state index in [1.54, 1.807) is 13.8 Å². The molecule has 1 aliphatic carbocycles. The van der Waals surface area contributed by atoms with Crippen LogP contribution >= 0.6 is 0 Å². The van der Waals surface area contributed by atoms with Crippen LogP contribution in [0.5, 0.6) is 0 Å². The Hall–Kier alpha value is -1.11. The van der Waals surface area contributed by atoms with Gasteiger partial charge in [0.2, 0.25) is 5.91 Å². The molecule has 1 saturated carbocycles. The Morgan fingerprint density at radius 2 is 1.76 bits per heavy atom. The van der Waals surface area contributed by atoms with Crippen molar-refractivity contribution >= 4 is 21.7 Å². The van der Waals surface area contributed by atoms with Crippen LogP contribution in [0.2, 0.25) is 0 Å². The Bertz CT molecular complexity index is 511. The maximum absolute atomic E-state index is 12.2. The molecular formula is C14H25NO5S. The summed E-state index contributed by atoms with van der Waals surface area (Å²) in [4.78, 5) is 23.5. The molecule has 0 aromatic carbocycles. The summed E-state index contributed by atoms with van der Waals surface area (Å²) in [6.45, 7) is 5.06. The zero-order valence-electron chi connectivity index (χ0n) is 13.0. The number of hydrogen-bond acceptors (Lipinski definition) is 4. The Kier molecular flexibility index (Phi) is 5.41. The number of rotatable bonds is 6. The number of hydrogen-bond donors (Lipinski definition) is 2. The Morgan fingerprint density at radius 3 is 2.19 bits per heavy atom. The average molecular weight is 319 g/mol. The van der Waals surface area contributed by atoms with E-state index in [-0.39, 0.29) is 18.4 Å². The fraction of sp³-hybridized carbons (Fsp3) is 0.857. The van der Waals surface area contributed by atoms with E-state index in [0.717, 1.165) is 12.7 Å². The van der Waals surface area contributed by atoms with Crippen molar-refractivity contribution in [1.82, 2.24) is 5.32 Å². The molecule has 1 amide bonds. The molecule has 7 heteroatoms. The van der Waals surface area contributed by atoms with Gasteiger partial charge < -0.3 is 10.4 Å². The van der Waals surface area contributed by atoms with Crippen LogP contribution in [0.15, 0.2) is 0 Å². The molecule has 0 bridgehead atoms. The van der Waals surface area contributed by atoms with Crippen LogP contribution in [0.3, 0.4) is 0 Å². The highest BCUT2D eigenvalue weighted by molar-refractivity contribution is 7.92. The predicted octanol–water partition coefficient (Wildman–Crippen LogP) is 1.06. The van der Waals surface area contributed by atoms with Crippen molar-refractivity contribution in [2.24, 2.45) is 17.8 Å². The number of carbonyl (C=O) groups is 2. The monoisotopic (exact) mass is 319 g/mol. The molecule has 6 nitrogen and oxygen atoms in total. The van der Waals surface area contributed by atoms with Crippen LogP contribution in [0.1, 0.15) is 40.0 Å². The van der Waals surface area contributed by atoms with Crippen LogP contribution in [0.4, 0.5) is 0 Å². The summed E-state index contributed by atoms with van der Waals surface area (Å²) in [7, 11) is -3.30. The lowest BCUT2D eigenvalue weighted by Gasteiger charge is -2.24. The standard InChI is InChI=1S/C14H25NO5S/c1-5-9-6-10(11(7-9)13(17)18)12(16)15-8-14(2,3)21(4,19)20/h9-11H,5-8H2,1-4H3,(H,15,16)(H,17,18)/t9?,10-,11+/m0/s1. The van der Waals surface area contributed by atoms with Gasteiger partial charge in [0.05, 0.1) is 16.6 Å². The fourth-order valence-electron chi connectivity index (χ4n) is 2.60. The number of aliphatic carboxylic acids is 1. The Morgan fingerprint density at radius 1 is 1.24 bits per heavy atom. The first kappa shape index (κ1) is 17.9. The normalized spacial score (nSPS) is 26.6. The van der Waals surface area contributed by atoms with Gasteiger partial charge in [-0.05, 0) is 32.6 Å². The smallest absolute Gasteiger partial charge is 0.307 e. The van der Waals surface area contributed by atoms with Gasteiger partial charge in [0.15, 0.2) is 9.84 Å². The van der Waals surface area contributed by atoms with Crippen molar-refractivity contribution < 1.29 is 23.1 Å². The maximum Gasteiger partial charge on any atom is 0.307 e. The van der Waals surface area contributed by atoms with Gasteiger partial charge in [0.25, 0.3) is 0 Å². The zero-order chi connectivity index (χ0) is 16.4. The second-order valence-electron chi connectivity index (χ2n) is 6.55. The van der Waals surface area contributed by atoms with Crippen molar-refractivity contribution in [3.05, 3.63) is 0 Å². The van der Waals surface area contributed by atoms with Gasteiger partial charge in [-0.25, -0.2) is 8.42 Å². The van der Waals surface area contributed by atoms with E-state index < -0.39 is 32.4 Å². The van der Waals surface area contributed by atoms with Gasteiger partial charge in [0, 0.05) is 12.8 Å². The fourth-order valence-corrected chi connectivity index (χ4v) is 2.94. The van der Waals surface area contributed by atoms with Gasteiger partial charge in [-0.3, -0.25) is 9.59 Å². The number of nitrogens with one attached hydrogen (secondary N) is 1. The molecule has 0 saturated heterocycles. The van der Waals surface area contributed by atoms with E-state index in [2.05, 4.69) is 5.32 Å². The molecule has 1 fully saturated rings. The van der Waals surface area contributed by atoms with E-state index in [1.807, 2.05) is 6.92 Å². The molecule has 0 aromatic rings. The minimum atomic E-state index is -3.30. The summed E-state index contributed by atoms with van der Waals surface area (Å²) in [6.07, 6.45) is 3.04. The van der Waals surface area contributed by atoms with Crippen LogP contribution < -0.4 is 5.32 Å². The topological polar surface area (TPSA) is 101 Å². The van der Waals surface area contributed by atoms with Crippen molar-refractivity contribution in [2.75, 3.05) is 12.8 Å². The van der Waals surface area contributed by atoms with Gasteiger partial charge in [-0.15, -0.1) is 0 Å². The van der Waals surface area contributed by atoms with E-state index in [1.165, 1.54) is 0 Å². The minimum Gasteiger partial charge on any atom is -0.481 e. The molecule has 2 N–H and O–H groups in total. The third-order valence-electron chi connectivity index (χ3n) is 4.58.